The van der Waals surface area contributed by atoms with Crippen LogP contribution in [0.25, 0.3) is 0 Å². The Morgan fingerprint density at radius 2 is 0.667 bits per heavy atom. The Balaban J connectivity index is 3.24. The number of unbranched alkanes of at least 4 members (excludes halogenated alkanes) is 18. The SMILES string of the molecule is CCCCCCCCCCCCNC(=O)CCNCCCNCCC(=O)NCCCCCCCCCCCC. The van der Waals surface area contributed by atoms with E-state index in [0.29, 0.717) is 12.8 Å². The Kier molecular flexibility index (Phi) is 32.1. The van der Waals surface area contributed by atoms with Gasteiger partial charge in [-0.2, -0.15) is 0 Å². The van der Waals surface area contributed by atoms with Crippen LogP contribution in [0.5, 0.6) is 0 Å². The van der Waals surface area contributed by atoms with E-state index in [9.17, 15) is 9.59 Å². The average molecular weight is 553 g/mol. The van der Waals surface area contributed by atoms with Crippen LogP contribution < -0.4 is 21.3 Å². The highest BCUT2D eigenvalue weighted by atomic mass is 16.2. The van der Waals surface area contributed by atoms with E-state index in [1.54, 1.807) is 0 Å². The van der Waals surface area contributed by atoms with Gasteiger partial charge < -0.3 is 21.3 Å². The second-order valence-electron chi connectivity index (χ2n) is 11.4. The molecule has 0 atom stereocenters. The highest BCUT2D eigenvalue weighted by Crippen LogP contribution is 2.11. The Morgan fingerprint density at radius 3 is 1.00 bits per heavy atom. The molecule has 0 bridgehead atoms. The van der Waals surface area contributed by atoms with Gasteiger partial charge in [-0.05, 0) is 32.4 Å². The molecule has 2 amide bonds. The van der Waals surface area contributed by atoms with E-state index in [1.165, 1.54) is 116 Å². The minimum absolute atomic E-state index is 0.153. The lowest BCUT2D eigenvalue weighted by Gasteiger charge is -2.08. The molecule has 0 aromatic heterocycles. The molecular weight excluding hydrogens is 484 g/mol. The maximum atomic E-state index is 11.9. The predicted molar refractivity (Wildman–Crippen MR) is 169 cm³/mol. The molecule has 0 radical (unpaired) electrons. The molecule has 0 aliphatic rings. The first kappa shape index (κ1) is 37.9. The van der Waals surface area contributed by atoms with E-state index < -0.39 is 0 Å². The van der Waals surface area contributed by atoms with Crippen LogP contribution in [0.1, 0.15) is 162 Å². The maximum Gasteiger partial charge on any atom is 0.221 e. The smallest absolute Gasteiger partial charge is 0.221 e. The number of hydrogen-bond donors (Lipinski definition) is 4. The summed E-state index contributed by atoms with van der Waals surface area (Å²) in [4.78, 5) is 23.9. The van der Waals surface area contributed by atoms with E-state index in [-0.39, 0.29) is 11.8 Å². The number of rotatable bonds is 32. The summed E-state index contributed by atoms with van der Waals surface area (Å²) in [6.45, 7) is 9.39. The number of carbonyl (C=O) groups is 2. The topological polar surface area (TPSA) is 82.3 Å². The van der Waals surface area contributed by atoms with Gasteiger partial charge in [-0.3, -0.25) is 9.59 Å². The van der Waals surface area contributed by atoms with Crippen LogP contribution in [0.15, 0.2) is 0 Å². The van der Waals surface area contributed by atoms with Crippen molar-refractivity contribution in [1.29, 1.82) is 0 Å². The normalized spacial score (nSPS) is 11.1. The van der Waals surface area contributed by atoms with E-state index in [2.05, 4.69) is 35.1 Å². The van der Waals surface area contributed by atoms with E-state index in [0.717, 1.165) is 58.5 Å². The van der Waals surface area contributed by atoms with Gasteiger partial charge in [0.15, 0.2) is 0 Å². The predicted octanol–water partition coefficient (Wildman–Crippen LogP) is 7.41. The first-order valence-electron chi connectivity index (χ1n) is 17.2. The second-order valence-corrected chi connectivity index (χ2v) is 11.4. The summed E-state index contributed by atoms with van der Waals surface area (Å²) in [6, 6.07) is 0. The van der Waals surface area contributed by atoms with Crippen molar-refractivity contribution in [2.45, 2.75) is 162 Å². The Bertz CT molecular complexity index is 472. The minimum atomic E-state index is 0.153. The third kappa shape index (κ3) is 33.0. The Labute approximate surface area is 243 Å². The van der Waals surface area contributed by atoms with Gasteiger partial charge in [-0.1, -0.05) is 129 Å². The summed E-state index contributed by atoms with van der Waals surface area (Å²) >= 11 is 0. The maximum absolute atomic E-state index is 11.9. The summed E-state index contributed by atoms with van der Waals surface area (Å²) in [7, 11) is 0. The highest BCUT2D eigenvalue weighted by molar-refractivity contribution is 5.76. The summed E-state index contributed by atoms with van der Waals surface area (Å²) in [5.41, 5.74) is 0. The van der Waals surface area contributed by atoms with Crippen molar-refractivity contribution in [3.05, 3.63) is 0 Å². The molecule has 0 heterocycles. The molecule has 0 aliphatic heterocycles. The lowest BCUT2D eigenvalue weighted by Crippen LogP contribution is -2.31. The molecule has 232 valence electrons. The summed E-state index contributed by atoms with van der Waals surface area (Å²) in [5, 5.41) is 12.8. The molecule has 0 aromatic rings. The van der Waals surface area contributed by atoms with Crippen molar-refractivity contribution >= 4 is 11.8 Å². The fourth-order valence-electron chi connectivity index (χ4n) is 4.85. The van der Waals surface area contributed by atoms with Crippen LogP contribution in [0.2, 0.25) is 0 Å². The molecule has 0 saturated heterocycles. The van der Waals surface area contributed by atoms with Gasteiger partial charge >= 0.3 is 0 Å². The van der Waals surface area contributed by atoms with Gasteiger partial charge in [0.05, 0.1) is 0 Å². The van der Waals surface area contributed by atoms with Crippen molar-refractivity contribution in [3.8, 4) is 0 Å². The molecule has 0 rings (SSSR count). The van der Waals surface area contributed by atoms with Gasteiger partial charge in [0.2, 0.25) is 11.8 Å². The van der Waals surface area contributed by atoms with Crippen molar-refractivity contribution in [2.24, 2.45) is 0 Å². The van der Waals surface area contributed by atoms with Crippen molar-refractivity contribution in [2.75, 3.05) is 39.3 Å². The van der Waals surface area contributed by atoms with Crippen LogP contribution in [0.3, 0.4) is 0 Å². The van der Waals surface area contributed by atoms with Crippen LogP contribution in [0.4, 0.5) is 0 Å². The molecule has 0 unspecified atom stereocenters. The largest absolute Gasteiger partial charge is 0.356 e. The molecule has 6 nitrogen and oxygen atoms in total. The molecule has 39 heavy (non-hydrogen) atoms. The van der Waals surface area contributed by atoms with E-state index in [4.69, 9.17) is 0 Å². The lowest BCUT2D eigenvalue weighted by atomic mass is 10.1. The van der Waals surface area contributed by atoms with Gasteiger partial charge in [0.25, 0.3) is 0 Å². The first-order valence-corrected chi connectivity index (χ1v) is 17.2. The van der Waals surface area contributed by atoms with Crippen molar-refractivity contribution in [1.82, 2.24) is 21.3 Å². The zero-order chi connectivity index (χ0) is 28.5. The third-order valence-corrected chi connectivity index (χ3v) is 7.47. The fraction of sp³-hybridized carbons (Fsp3) is 0.939. The molecule has 0 fully saturated rings. The molecule has 0 spiro atoms. The molecule has 4 N–H and O–H groups in total. The summed E-state index contributed by atoms with van der Waals surface area (Å²) in [6.07, 6.45) is 28.5. The van der Waals surface area contributed by atoms with Gasteiger partial charge in [0.1, 0.15) is 0 Å². The quantitative estimate of drug-likeness (QED) is 0.0655. The Hall–Kier alpha value is -1.14. The monoisotopic (exact) mass is 553 g/mol. The molecule has 0 aliphatic carbocycles. The minimum Gasteiger partial charge on any atom is -0.356 e. The lowest BCUT2D eigenvalue weighted by molar-refractivity contribution is -0.121. The zero-order valence-corrected chi connectivity index (χ0v) is 26.3. The number of hydrogen-bond acceptors (Lipinski definition) is 4. The van der Waals surface area contributed by atoms with Crippen molar-refractivity contribution < 1.29 is 9.59 Å². The summed E-state index contributed by atoms with van der Waals surface area (Å²) < 4.78 is 0. The molecule has 0 aromatic carbocycles. The Morgan fingerprint density at radius 1 is 0.359 bits per heavy atom. The average Bonchev–Trinajstić information content (AvgIpc) is 2.93. The molecule has 0 saturated carbocycles. The fourth-order valence-corrected chi connectivity index (χ4v) is 4.85. The number of nitrogens with one attached hydrogen (secondary N) is 4. The van der Waals surface area contributed by atoms with Crippen LogP contribution in [-0.2, 0) is 9.59 Å². The third-order valence-electron chi connectivity index (χ3n) is 7.47. The van der Waals surface area contributed by atoms with Crippen molar-refractivity contribution in [3.63, 3.8) is 0 Å². The van der Waals surface area contributed by atoms with Crippen LogP contribution in [-0.4, -0.2) is 51.1 Å². The van der Waals surface area contributed by atoms with Gasteiger partial charge in [-0.15, -0.1) is 0 Å². The van der Waals surface area contributed by atoms with Gasteiger partial charge in [0, 0.05) is 39.0 Å². The van der Waals surface area contributed by atoms with Crippen LogP contribution in [0, 0.1) is 0 Å². The first-order chi connectivity index (χ1) is 19.2. The van der Waals surface area contributed by atoms with Crippen LogP contribution >= 0.6 is 0 Å². The van der Waals surface area contributed by atoms with E-state index >= 15 is 0 Å². The number of carbonyl (C=O) groups excluding carboxylic acids is 2. The number of amides is 2. The standard InChI is InChI=1S/C33H68N4O2/c1-3-5-7-9-11-13-15-17-19-21-28-36-32(38)24-30-34-26-23-27-35-31-25-33(39)37-29-22-20-18-16-14-12-10-8-6-4-2/h34-35H,3-31H2,1-2H3,(H,36,38)(H,37,39). The van der Waals surface area contributed by atoms with E-state index in [1.807, 2.05) is 0 Å². The summed E-state index contributed by atoms with van der Waals surface area (Å²) in [5.74, 6) is 0.306. The molecular formula is C33H68N4O2. The molecule has 6 heteroatoms. The van der Waals surface area contributed by atoms with Gasteiger partial charge in [-0.25, -0.2) is 0 Å². The second kappa shape index (κ2) is 33.1. The highest BCUT2D eigenvalue weighted by Gasteiger charge is 2.02. The zero-order valence-electron chi connectivity index (χ0n) is 26.3.